The maximum atomic E-state index is 12.8. The van der Waals surface area contributed by atoms with Gasteiger partial charge in [0.25, 0.3) is 0 Å². The second kappa shape index (κ2) is 6.06. The number of carbonyl (C=O) groups excluding carboxylic acids is 1. The molecule has 2 heteroatoms. The first-order chi connectivity index (χ1) is 10.8. The number of nitrogens with zero attached hydrogens (tertiary/aromatic N) is 1. The molecule has 2 aliphatic carbocycles. The molecule has 1 saturated heterocycles. The zero-order valence-corrected chi connectivity index (χ0v) is 13.4. The third-order valence-corrected chi connectivity index (χ3v) is 6.35. The Morgan fingerprint density at radius 3 is 2.41 bits per heavy atom. The monoisotopic (exact) mass is 297 g/mol. The summed E-state index contributed by atoms with van der Waals surface area (Å²) in [4.78, 5) is 15.0. The van der Waals surface area contributed by atoms with Crippen molar-refractivity contribution < 1.29 is 4.79 Å². The molecule has 1 aromatic rings. The Labute approximate surface area is 133 Å². The lowest BCUT2D eigenvalue weighted by atomic mass is 9.86. The van der Waals surface area contributed by atoms with Crippen LogP contribution < -0.4 is 0 Å². The van der Waals surface area contributed by atoms with Gasteiger partial charge in [0.2, 0.25) is 5.91 Å². The SMILES string of the molecule is O=C(C1CC2CCC1C2)N1CCC(Cc2ccccc2)CC1. The van der Waals surface area contributed by atoms with Crippen molar-refractivity contribution in [2.24, 2.45) is 23.7 Å². The highest BCUT2D eigenvalue weighted by molar-refractivity contribution is 5.79. The summed E-state index contributed by atoms with van der Waals surface area (Å²) in [5.74, 6) is 3.22. The molecule has 0 spiro atoms. The summed E-state index contributed by atoms with van der Waals surface area (Å²) in [6.45, 7) is 1.98. The van der Waals surface area contributed by atoms with Crippen LogP contribution in [0.1, 0.15) is 44.1 Å². The predicted octanol–water partition coefficient (Wildman–Crippen LogP) is 3.90. The lowest BCUT2D eigenvalue weighted by molar-refractivity contribution is -0.138. The van der Waals surface area contributed by atoms with Crippen molar-refractivity contribution in [2.75, 3.05) is 13.1 Å². The zero-order valence-electron chi connectivity index (χ0n) is 13.4. The van der Waals surface area contributed by atoms with Gasteiger partial charge in [-0.05, 0) is 61.8 Å². The molecule has 0 N–H and O–H groups in total. The van der Waals surface area contributed by atoms with Gasteiger partial charge in [-0.3, -0.25) is 4.79 Å². The lowest BCUT2D eigenvalue weighted by Crippen LogP contribution is -2.43. The average molecular weight is 297 g/mol. The summed E-state index contributed by atoms with van der Waals surface area (Å²) in [6, 6.07) is 10.8. The molecular formula is C20H27NO. The molecule has 1 amide bonds. The van der Waals surface area contributed by atoms with Crippen molar-refractivity contribution >= 4 is 5.91 Å². The smallest absolute Gasteiger partial charge is 0.225 e. The highest BCUT2D eigenvalue weighted by Gasteiger charge is 2.44. The first kappa shape index (κ1) is 14.3. The number of amides is 1. The largest absolute Gasteiger partial charge is 0.342 e. The van der Waals surface area contributed by atoms with E-state index in [9.17, 15) is 4.79 Å². The van der Waals surface area contributed by atoms with Crippen LogP contribution >= 0.6 is 0 Å². The van der Waals surface area contributed by atoms with Gasteiger partial charge in [0.15, 0.2) is 0 Å². The molecule has 118 valence electrons. The number of hydrogen-bond donors (Lipinski definition) is 0. The van der Waals surface area contributed by atoms with Gasteiger partial charge in [-0.15, -0.1) is 0 Å². The third-order valence-electron chi connectivity index (χ3n) is 6.35. The Morgan fingerprint density at radius 2 is 1.77 bits per heavy atom. The predicted molar refractivity (Wildman–Crippen MR) is 88.4 cm³/mol. The molecule has 0 radical (unpaired) electrons. The topological polar surface area (TPSA) is 20.3 Å². The molecular weight excluding hydrogens is 270 g/mol. The second-order valence-electron chi connectivity index (χ2n) is 7.74. The van der Waals surface area contributed by atoms with E-state index in [4.69, 9.17) is 0 Å². The van der Waals surface area contributed by atoms with Gasteiger partial charge in [0.05, 0.1) is 0 Å². The molecule has 0 aromatic heterocycles. The van der Waals surface area contributed by atoms with Gasteiger partial charge in [0.1, 0.15) is 0 Å². The minimum atomic E-state index is 0.379. The molecule has 3 fully saturated rings. The maximum Gasteiger partial charge on any atom is 0.225 e. The lowest BCUT2D eigenvalue weighted by Gasteiger charge is -2.35. The molecule has 3 aliphatic rings. The fourth-order valence-corrected chi connectivity index (χ4v) is 5.09. The number of benzene rings is 1. The van der Waals surface area contributed by atoms with Crippen LogP contribution in [0.5, 0.6) is 0 Å². The number of rotatable bonds is 3. The fraction of sp³-hybridized carbons (Fsp3) is 0.650. The van der Waals surface area contributed by atoms with Crippen molar-refractivity contribution in [1.82, 2.24) is 4.90 Å². The number of carbonyl (C=O) groups is 1. The molecule has 2 saturated carbocycles. The van der Waals surface area contributed by atoms with Gasteiger partial charge in [-0.25, -0.2) is 0 Å². The minimum absolute atomic E-state index is 0.379. The normalized spacial score (nSPS) is 31.6. The summed E-state index contributed by atoms with van der Waals surface area (Å²) in [7, 11) is 0. The average Bonchev–Trinajstić information content (AvgIpc) is 3.19. The first-order valence-electron chi connectivity index (χ1n) is 9.12. The van der Waals surface area contributed by atoms with Crippen LogP contribution in [-0.4, -0.2) is 23.9 Å². The van der Waals surface area contributed by atoms with Crippen LogP contribution in [-0.2, 0) is 11.2 Å². The van der Waals surface area contributed by atoms with Crippen LogP contribution in [0.25, 0.3) is 0 Å². The van der Waals surface area contributed by atoms with Crippen LogP contribution in [0.4, 0.5) is 0 Å². The van der Waals surface area contributed by atoms with Gasteiger partial charge in [-0.2, -0.15) is 0 Å². The quantitative estimate of drug-likeness (QED) is 0.828. The zero-order chi connectivity index (χ0) is 14.9. The van der Waals surface area contributed by atoms with E-state index in [0.29, 0.717) is 11.8 Å². The maximum absolute atomic E-state index is 12.8. The van der Waals surface area contributed by atoms with E-state index in [1.807, 2.05) is 0 Å². The van der Waals surface area contributed by atoms with Crippen molar-refractivity contribution in [2.45, 2.75) is 44.9 Å². The summed E-state index contributed by atoms with van der Waals surface area (Å²) in [5, 5.41) is 0. The number of likely N-dealkylation sites (tertiary alicyclic amines) is 1. The highest BCUT2D eigenvalue weighted by Crippen LogP contribution is 2.49. The molecule has 3 atom stereocenters. The van der Waals surface area contributed by atoms with E-state index in [-0.39, 0.29) is 0 Å². The minimum Gasteiger partial charge on any atom is -0.342 e. The fourth-order valence-electron chi connectivity index (χ4n) is 5.09. The molecule has 3 unspecified atom stereocenters. The van der Waals surface area contributed by atoms with Gasteiger partial charge >= 0.3 is 0 Å². The summed E-state index contributed by atoms with van der Waals surface area (Å²) in [5.41, 5.74) is 1.44. The van der Waals surface area contributed by atoms with E-state index in [1.165, 1.54) is 50.5 Å². The number of hydrogen-bond acceptors (Lipinski definition) is 1. The standard InChI is InChI=1S/C20H27NO/c22-20(19-14-17-6-7-18(19)13-17)21-10-8-16(9-11-21)12-15-4-2-1-3-5-15/h1-5,16-19H,6-14H2. The molecule has 1 aliphatic heterocycles. The third kappa shape index (κ3) is 2.80. The summed E-state index contributed by atoms with van der Waals surface area (Å²) < 4.78 is 0. The van der Waals surface area contributed by atoms with Crippen LogP contribution in [0.3, 0.4) is 0 Å². The summed E-state index contributed by atoms with van der Waals surface area (Å²) >= 11 is 0. The molecule has 1 aromatic carbocycles. The van der Waals surface area contributed by atoms with Crippen LogP contribution in [0.15, 0.2) is 30.3 Å². The van der Waals surface area contributed by atoms with E-state index in [1.54, 1.807) is 0 Å². The Bertz CT molecular complexity index is 518. The number of piperidine rings is 1. The van der Waals surface area contributed by atoms with E-state index in [0.717, 1.165) is 30.8 Å². The molecule has 2 bridgehead atoms. The molecule has 4 rings (SSSR count). The molecule has 2 nitrogen and oxygen atoms in total. The highest BCUT2D eigenvalue weighted by atomic mass is 16.2. The molecule has 22 heavy (non-hydrogen) atoms. The van der Waals surface area contributed by atoms with Crippen molar-refractivity contribution in [1.29, 1.82) is 0 Å². The second-order valence-corrected chi connectivity index (χ2v) is 7.74. The van der Waals surface area contributed by atoms with Crippen molar-refractivity contribution in [3.63, 3.8) is 0 Å². The van der Waals surface area contributed by atoms with E-state index >= 15 is 0 Å². The first-order valence-corrected chi connectivity index (χ1v) is 9.12. The Hall–Kier alpha value is -1.31. The molecule has 1 heterocycles. The van der Waals surface area contributed by atoms with Crippen molar-refractivity contribution in [3.05, 3.63) is 35.9 Å². The van der Waals surface area contributed by atoms with Crippen molar-refractivity contribution in [3.8, 4) is 0 Å². The van der Waals surface area contributed by atoms with Crippen LogP contribution in [0, 0.1) is 23.7 Å². The van der Waals surface area contributed by atoms with Gasteiger partial charge in [0, 0.05) is 19.0 Å². The Balaban J connectivity index is 1.29. The Morgan fingerprint density at radius 1 is 1.00 bits per heavy atom. The van der Waals surface area contributed by atoms with Gasteiger partial charge in [-0.1, -0.05) is 36.8 Å². The van der Waals surface area contributed by atoms with Crippen LogP contribution in [0.2, 0.25) is 0 Å². The Kier molecular flexibility index (Phi) is 3.94. The van der Waals surface area contributed by atoms with E-state index in [2.05, 4.69) is 35.2 Å². The number of fused-ring (bicyclic) bond motifs is 2. The van der Waals surface area contributed by atoms with Gasteiger partial charge < -0.3 is 4.90 Å². The summed E-state index contributed by atoms with van der Waals surface area (Å²) in [6.07, 6.45) is 8.76. The van der Waals surface area contributed by atoms with E-state index < -0.39 is 0 Å².